The van der Waals surface area contributed by atoms with Gasteiger partial charge in [-0.3, -0.25) is 4.79 Å². The van der Waals surface area contributed by atoms with Crippen molar-refractivity contribution < 1.29 is 19.0 Å². The van der Waals surface area contributed by atoms with Gasteiger partial charge in [0.15, 0.2) is 11.5 Å². The Morgan fingerprint density at radius 1 is 1.28 bits per heavy atom. The summed E-state index contributed by atoms with van der Waals surface area (Å²) in [6.07, 6.45) is 7.97. The molecule has 0 unspecified atom stereocenters. The lowest BCUT2D eigenvalue weighted by Crippen LogP contribution is -2.54. The smallest absolute Gasteiger partial charge is 0.246 e. The largest absolute Gasteiger partial charge is 0.493 e. The summed E-state index contributed by atoms with van der Waals surface area (Å²) in [5.41, 5.74) is 0.796. The molecule has 1 heterocycles. The van der Waals surface area contributed by atoms with Crippen LogP contribution in [-0.2, 0) is 9.53 Å². The average Bonchev–Trinajstić information content (AvgIpc) is 2.65. The van der Waals surface area contributed by atoms with Crippen molar-refractivity contribution in [2.75, 3.05) is 27.4 Å². The zero-order valence-corrected chi connectivity index (χ0v) is 15.4. The summed E-state index contributed by atoms with van der Waals surface area (Å²) < 4.78 is 16.4. The fourth-order valence-corrected chi connectivity index (χ4v) is 3.96. The van der Waals surface area contributed by atoms with Crippen molar-refractivity contribution in [3.8, 4) is 11.5 Å². The van der Waals surface area contributed by atoms with E-state index in [1.54, 1.807) is 38.5 Å². The van der Waals surface area contributed by atoms with E-state index in [-0.39, 0.29) is 18.1 Å². The minimum absolute atomic E-state index is 0.0195. The number of rotatable bonds is 4. The van der Waals surface area contributed by atoms with Crippen LogP contribution in [0.4, 0.5) is 0 Å². The highest BCUT2D eigenvalue weighted by atomic mass is 35.5. The van der Waals surface area contributed by atoms with E-state index in [2.05, 4.69) is 0 Å². The van der Waals surface area contributed by atoms with Gasteiger partial charge >= 0.3 is 0 Å². The van der Waals surface area contributed by atoms with E-state index in [1.807, 2.05) is 4.90 Å². The lowest BCUT2D eigenvalue weighted by atomic mass is 9.90. The Hall–Kier alpha value is -1.72. The minimum Gasteiger partial charge on any atom is -0.493 e. The summed E-state index contributed by atoms with van der Waals surface area (Å²) in [4.78, 5) is 14.6. The number of ether oxygens (including phenoxy) is 3. The first-order valence-corrected chi connectivity index (χ1v) is 9.03. The number of methoxy groups -OCH3 is 2. The summed E-state index contributed by atoms with van der Waals surface area (Å²) in [7, 11) is 3.10. The van der Waals surface area contributed by atoms with Crippen LogP contribution in [0.3, 0.4) is 0 Å². The molecule has 1 amide bonds. The van der Waals surface area contributed by atoms with Crippen LogP contribution in [-0.4, -0.2) is 50.3 Å². The van der Waals surface area contributed by atoms with E-state index in [9.17, 15) is 4.79 Å². The Kier molecular flexibility index (Phi) is 5.86. The van der Waals surface area contributed by atoms with Gasteiger partial charge in [0.1, 0.15) is 0 Å². The Balaban J connectivity index is 1.75. The number of carbonyl (C=O) groups excluding carboxylic acids is 1. The second-order valence-electron chi connectivity index (χ2n) is 6.36. The number of nitrogens with zero attached hydrogens (tertiary/aromatic N) is 1. The van der Waals surface area contributed by atoms with Crippen LogP contribution in [0, 0.1) is 0 Å². The summed E-state index contributed by atoms with van der Waals surface area (Å²) in [6.45, 7) is 1.26. The van der Waals surface area contributed by atoms with Gasteiger partial charge < -0.3 is 19.1 Å². The lowest BCUT2D eigenvalue weighted by molar-refractivity contribution is -0.144. The Labute approximate surface area is 153 Å². The summed E-state index contributed by atoms with van der Waals surface area (Å²) in [6, 6.07) is 3.76. The maximum Gasteiger partial charge on any atom is 0.246 e. The maximum atomic E-state index is 12.7. The third-order valence-corrected chi connectivity index (χ3v) is 5.17. The molecule has 2 atom stereocenters. The molecule has 2 aliphatic rings. The molecule has 6 heteroatoms. The first-order chi connectivity index (χ1) is 12.1. The molecule has 1 saturated carbocycles. The van der Waals surface area contributed by atoms with Crippen molar-refractivity contribution in [2.24, 2.45) is 0 Å². The minimum atomic E-state index is 0.0195. The standard InChI is InChI=1S/C19H24ClNO4/c1-23-17-12-13(11-14(20)19(17)24-2)7-8-18(22)21-9-10-25-16-6-4-3-5-15(16)21/h7-8,11-12,15-16H,3-6,9-10H2,1-2H3/b8-7+/t15-,16-/m1/s1. The molecule has 1 aliphatic heterocycles. The van der Waals surface area contributed by atoms with Gasteiger partial charge in [0.05, 0.1) is 38.0 Å². The number of hydrogen-bond donors (Lipinski definition) is 0. The van der Waals surface area contributed by atoms with Gasteiger partial charge in [-0.1, -0.05) is 24.4 Å². The molecule has 136 valence electrons. The van der Waals surface area contributed by atoms with Gasteiger partial charge in [0.2, 0.25) is 5.91 Å². The SMILES string of the molecule is COc1cc(/C=C/C(=O)N2CCO[C@@H]3CCCC[C@H]32)cc(Cl)c1OC. The summed E-state index contributed by atoms with van der Waals surface area (Å²) in [5.74, 6) is 1.05. The Morgan fingerprint density at radius 3 is 2.84 bits per heavy atom. The second-order valence-corrected chi connectivity index (χ2v) is 6.77. The molecule has 0 bridgehead atoms. The van der Waals surface area contributed by atoms with Crippen LogP contribution in [0.15, 0.2) is 18.2 Å². The van der Waals surface area contributed by atoms with Crippen LogP contribution in [0.2, 0.25) is 5.02 Å². The molecule has 1 aromatic carbocycles. The first-order valence-electron chi connectivity index (χ1n) is 8.66. The van der Waals surface area contributed by atoms with Gasteiger partial charge in [-0.25, -0.2) is 0 Å². The molecule has 0 aromatic heterocycles. The van der Waals surface area contributed by atoms with Gasteiger partial charge in [-0.05, 0) is 36.6 Å². The zero-order chi connectivity index (χ0) is 17.8. The topological polar surface area (TPSA) is 48.0 Å². The highest BCUT2D eigenvalue weighted by molar-refractivity contribution is 6.32. The van der Waals surface area contributed by atoms with Crippen molar-refractivity contribution in [2.45, 2.75) is 37.8 Å². The van der Waals surface area contributed by atoms with Crippen LogP contribution in [0.25, 0.3) is 6.08 Å². The number of hydrogen-bond acceptors (Lipinski definition) is 4. The van der Waals surface area contributed by atoms with Crippen LogP contribution in [0.1, 0.15) is 31.2 Å². The molecule has 5 nitrogen and oxygen atoms in total. The summed E-state index contributed by atoms with van der Waals surface area (Å²) in [5, 5.41) is 0.452. The quantitative estimate of drug-likeness (QED) is 0.766. The molecule has 0 spiro atoms. The molecule has 0 N–H and O–H groups in total. The lowest BCUT2D eigenvalue weighted by Gasteiger charge is -2.43. The molecule has 0 radical (unpaired) electrons. The molecule has 25 heavy (non-hydrogen) atoms. The third-order valence-electron chi connectivity index (χ3n) is 4.89. The maximum absolute atomic E-state index is 12.7. The van der Waals surface area contributed by atoms with Crippen molar-refractivity contribution in [1.29, 1.82) is 0 Å². The van der Waals surface area contributed by atoms with E-state index in [0.29, 0.717) is 29.7 Å². The molecule has 3 rings (SSSR count). The summed E-state index contributed by atoms with van der Waals surface area (Å²) >= 11 is 6.22. The van der Waals surface area contributed by atoms with E-state index in [0.717, 1.165) is 24.8 Å². The van der Waals surface area contributed by atoms with E-state index >= 15 is 0 Å². The van der Waals surface area contributed by atoms with Crippen molar-refractivity contribution in [3.05, 3.63) is 28.8 Å². The Bertz CT molecular complexity index is 659. The predicted molar refractivity (Wildman–Crippen MR) is 97.3 cm³/mol. The average molecular weight is 366 g/mol. The van der Waals surface area contributed by atoms with E-state index in [4.69, 9.17) is 25.8 Å². The molecular weight excluding hydrogens is 342 g/mol. The zero-order valence-electron chi connectivity index (χ0n) is 14.7. The number of halogens is 1. The Morgan fingerprint density at radius 2 is 2.08 bits per heavy atom. The van der Waals surface area contributed by atoms with Crippen molar-refractivity contribution in [3.63, 3.8) is 0 Å². The van der Waals surface area contributed by atoms with Crippen LogP contribution >= 0.6 is 11.6 Å². The normalized spacial score (nSPS) is 23.4. The van der Waals surface area contributed by atoms with Gasteiger partial charge in [-0.2, -0.15) is 0 Å². The van der Waals surface area contributed by atoms with Gasteiger partial charge in [0.25, 0.3) is 0 Å². The predicted octanol–water partition coefficient (Wildman–Crippen LogP) is 3.54. The molecule has 1 saturated heterocycles. The van der Waals surface area contributed by atoms with Crippen molar-refractivity contribution >= 4 is 23.6 Å². The highest BCUT2D eigenvalue weighted by Crippen LogP contribution is 2.36. The number of benzene rings is 1. The van der Waals surface area contributed by atoms with E-state index in [1.165, 1.54) is 6.42 Å². The monoisotopic (exact) mass is 365 g/mol. The first kappa shape index (κ1) is 18.1. The van der Waals surface area contributed by atoms with Crippen LogP contribution in [0.5, 0.6) is 11.5 Å². The highest BCUT2D eigenvalue weighted by Gasteiger charge is 2.35. The van der Waals surface area contributed by atoms with E-state index < -0.39 is 0 Å². The molecule has 1 aromatic rings. The van der Waals surface area contributed by atoms with Crippen molar-refractivity contribution in [1.82, 2.24) is 4.90 Å². The number of fused-ring (bicyclic) bond motifs is 1. The number of amides is 1. The van der Waals surface area contributed by atoms with Gasteiger partial charge in [-0.15, -0.1) is 0 Å². The molecule has 1 aliphatic carbocycles. The second kappa shape index (κ2) is 8.11. The fraction of sp³-hybridized carbons (Fsp3) is 0.526. The third kappa shape index (κ3) is 3.93. The molecular formula is C19H24ClNO4. The number of morpholine rings is 1. The molecule has 2 fully saturated rings. The number of carbonyl (C=O) groups is 1. The van der Waals surface area contributed by atoms with Crippen LogP contribution < -0.4 is 9.47 Å². The van der Waals surface area contributed by atoms with Gasteiger partial charge in [0, 0.05) is 12.6 Å². The fourth-order valence-electron chi connectivity index (χ4n) is 3.67.